The number of primary amides is 1. The largest absolute Gasteiger partial charge is 0.459 e. The number of esters is 1. The van der Waals surface area contributed by atoms with Crippen molar-refractivity contribution in [2.75, 3.05) is 6.61 Å². The predicted octanol–water partition coefficient (Wildman–Crippen LogP) is -0.647. The molecule has 0 bridgehead atoms. The number of ether oxygens (including phenoxy) is 2. The van der Waals surface area contributed by atoms with Gasteiger partial charge in [-0.25, -0.2) is 0 Å². The summed E-state index contributed by atoms with van der Waals surface area (Å²) >= 11 is 0. The van der Waals surface area contributed by atoms with E-state index in [4.69, 9.17) is 15.2 Å². The molecule has 0 spiro atoms. The molecule has 3 atom stereocenters. The van der Waals surface area contributed by atoms with E-state index in [1.165, 1.54) is 13.1 Å². The second kappa shape index (κ2) is 8.50. The van der Waals surface area contributed by atoms with Gasteiger partial charge in [0.25, 0.3) is 0 Å². The van der Waals surface area contributed by atoms with Gasteiger partial charge in [-0.2, -0.15) is 0 Å². The normalized spacial score (nSPS) is 24.9. The first-order valence-corrected chi connectivity index (χ1v) is 7.01. The summed E-state index contributed by atoms with van der Waals surface area (Å²) < 4.78 is 10.7. The molecular formula is C14H22N2O6. The molecule has 0 radical (unpaired) electrons. The third-order valence-corrected chi connectivity index (χ3v) is 3.22. The van der Waals surface area contributed by atoms with Crippen LogP contribution in [0.5, 0.6) is 0 Å². The zero-order valence-electron chi connectivity index (χ0n) is 12.7. The number of nitrogens with one attached hydrogen (secondary N) is 1. The smallest absolute Gasteiger partial charge is 0.306 e. The number of nitrogens with two attached hydrogens (primary N) is 1. The monoisotopic (exact) mass is 314 g/mol. The molecule has 1 aliphatic heterocycles. The molecule has 8 heteroatoms. The van der Waals surface area contributed by atoms with E-state index in [1.807, 2.05) is 0 Å². The maximum absolute atomic E-state index is 11.6. The maximum atomic E-state index is 11.6. The van der Waals surface area contributed by atoms with E-state index < -0.39 is 30.3 Å². The minimum absolute atomic E-state index is 0.00274. The molecule has 0 aromatic rings. The van der Waals surface area contributed by atoms with Crippen LogP contribution < -0.4 is 11.1 Å². The van der Waals surface area contributed by atoms with Crippen LogP contribution in [0.15, 0.2) is 11.8 Å². The summed E-state index contributed by atoms with van der Waals surface area (Å²) in [6.07, 6.45) is 0.102. The van der Waals surface area contributed by atoms with Crippen LogP contribution in [0.1, 0.15) is 33.1 Å². The molecule has 0 aromatic heterocycles. The zero-order chi connectivity index (χ0) is 16.7. The lowest BCUT2D eigenvalue weighted by Gasteiger charge is -2.16. The average Bonchev–Trinajstić information content (AvgIpc) is 2.84. The Labute approximate surface area is 128 Å². The Balaban J connectivity index is 2.51. The molecule has 0 aromatic carbocycles. The van der Waals surface area contributed by atoms with Gasteiger partial charge in [-0.3, -0.25) is 9.59 Å². The topological polar surface area (TPSA) is 128 Å². The second-order valence-electron chi connectivity index (χ2n) is 5.17. The molecule has 124 valence electrons. The van der Waals surface area contributed by atoms with Crippen molar-refractivity contribution in [3.63, 3.8) is 0 Å². The SMILES string of the molecule is CC(=O)CCC(=O)OC1C[C@H](N/C=C(/C)C(N)=O)O[C@@H]1CO. The highest BCUT2D eigenvalue weighted by Gasteiger charge is 2.37. The second-order valence-corrected chi connectivity index (χ2v) is 5.17. The first kappa shape index (κ1) is 18.1. The first-order valence-electron chi connectivity index (χ1n) is 7.01. The number of amides is 1. The fourth-order valence-electron chi connectivity index (χ4n) is 1.90. The number of carbonyl (C=O) groups is 3. The summed E-state index contributed by atoms with van der Waals surface area (Å²) in [5.74, 6) is -1.16. The number of aliphatic hydroxyl groups excluding tert-OH is 1. The lowest BCUT2D eigenvalue weighted by Crippen LogP contribution is -2.30. The van der Waals surface area contributed by atoms with Gasteiger partial charge in [0.15, 0.2) is 0 Å². The number of rotatable bonds is 8. The van der Waals surface area contributed by atoms with Crippen LogP contribution in [0, 0.1) is 0 Å². The van der Waals surface area contributed by atoms with Crippen molar-refractivity contribution < 1.29 is 29.0 Å². The molecule has 4 N–H and O–H groups in total. The third kappa shape index (κ3) is 5.82. The summed E-state index contributed by atoms with van der Waals surface area (Å²) in [6.45, 7) is 2.64. The molecule has 1 aliphatic rings. The van der Waals surface area contributed by atoms with E-state index in [1.54, 1.807) is 6.92 Å². The van der Waals surface area contributed by atoms with Crippen molar-refractivity contribution in [1.82, 2.24) is 5.32 Å². The molecule has 1 amide bonds. The zero-order valence-corrected chi connectivity index (χ0v) is 12.7. The van der Waals surface area contributed by atoms with Crippen LogP contribution in [-0.2, 0) is 23.9 Å². The summed E-state index contributed by atoms with van der Waals surface area (Å²) in [4.78, 5) is 33.4. The number of aliphatic hydroxyl groups is 1. The van der Waals surface area contributed by atoms with Crippen LogP contribution in [-0.4, -0.2) is 47.8 Å². The van der Waals surface area contributed by atoms with Gasteiger partial charge in [0.1, 0.15) is 24.2 Å². The van der Waals surface area contributed by atoms with Crippen LogP contribution in [0.3, 0.4) is 0 Å². The fourth-order valence-corrected chi connectivity index (χ4v) is 1.90. The van der Waals surface area contributed by atoms with E-state index in [2.05, 4.69) is 5.32 Å². The number of hydrogen-bond donors (Lipinski definition) is 3. The molecule has 0 aliphatic carbocycles. The molecular weight excluding hydrogens is 292 g/mol. The van der Waals surface area contributed by atoms with Crippen molar-refractivity contribution in [2.45, 2.75) is 51.5 Å². The summed E-state index contributed by atoms with van der Waals surface area (Å²) in [5.41, 5.74) is 5.43. The van der Waals surface area contributed by atoms with Crippen molar-refractivity contribution in [3.05, 3.63) is 11.8 Å². The summed E-state index contributed by atoms with van der Waals surface area (Å²) in [7, 11) is 0. The van der Waals surface area contributed by atoms with E-state index in [0.29, 0.717) is 12.0 Å². The van der Waals surface area contributed by atoms with Crippen molar-refractivity contribution in [2.24, 2.45) is 5.73 Å². The fraction of sp³-hybridized carbons (Fsp3) is 0.643. The van der Waals surface area contributed by atoms with Crippen LogP contribution >= 0.6 is 0 Å². The number of ketones is 1. The quantitative estimate of drug-likeness (QED) is 0.401. The van der Waals surface area contributed by atoms with E-state index in [9.17, 15) is 19.5 Å². The molecule has 8 nitrogen and oxygen atoms in total. The molecule has 0 saturated carbocycles. The van der Waals surface area contributed by atoms with Gasteiger partial charge >= 0.3 is 5.97 Å². The molecule has 1 unspecified atom stereocenters. The predicted molar refractivity (Wildman–Crippen MR) is 76.2 cm³/mol. The minimum Gasteiger partial charge on any atom is -0.459 e. The van der Waals surface area contributed by atoms with Crippen molar-refractivity contribution in [3.8, 4) is 0 Å². The lowest BCUT2D eigenvalue weighted by molar-refractivity contribution is -0.153. The van der Waals surface area contributed by atoms with Crippen molar-refractivity contribution >= 4 is 17.7 Å². The van der Waals surface area contributed by atoms with Crippen LogP contribution in [0.25, 0.3) is 0 Å². The standard InChI is InChI=1S/C14H22N2O6/c1-8(14(15)20)6-16-12-5-10(11(7-17)21-12)22-13(19)4-3-9(2)18/h6,10-12,16-17H,3-5,7H2,1-2H3,(H2,15,20)/b8-6-/t10?,11-,12-/m1/s1. The average molecular weight is 314 g/mol. The van der Waals surface area contributed by atoms with Crippen molar-refractivity contribution in [1.29, 1.82) is 0 Å². The number of Topliss-reactive ketones (excluding diaryl/α,β-unsaturated/α-hetero) is 1. The van der Waals surface area contributed by atoms with Gasteiger partial charge < -0.3 is 30.4 Å². The Hall–Kier alpha value is -1.93. The lowest BCUT2D eigenvalue weighted by atomic mass is 10.2. The number of hydrogen-bond acceptors (Lipinski definition) is 7. The van der Waals surface area contributed by atoms with Gasteiger partial charge in [0, 0.05) is 24.6 Å². The van der Waals surface area contributed by atoms with Gasteiger partial charge in [-0.15, -0.1) is 0 Å². The Morgan fingerprint density at radius 3 is 2.59 bits per heavy atom. The van der Waals surface area contributed by atoms with Gasteiger partial charge in [0.2, 0.25) is 5.91 Å². The van der Waals surface area contributed by atoms with Crippen LogP contribution in [0.2, 0.25) is 0 Å². The highest BCUT2D eigenvalue weighted by molar-refractivity contribution is 5.91. The van der Waals surface area contributed by atoms with Gasteiger partial charge in [-0.05, 0) is 13.8 Å². The van der Waals surface area contributed by atoms with E-state index in [-0.39, 0.29) is 25.2 Å². The molecule has 1 rings (SSSR count). The highest BCUT2D eigenvalue weighted by Crippen LogP contribution is 2.22. The first-order chi connectivity index (χ1) is 10.3. The number of carbonyl (C=O) groups excluding carboxylic acids is 3. The maximum Gasteiger partial charge on any atom is 0.306 e. The van der Waals surface area contributed by atoms with Gasteiger partial charge in [0.05, 0.1) is 13.0 Å². The molecule has 1 saturated heterocycles. The summed E-state index contributed by atoms with van der Waals surface area (Å²) in [5, 5.41) is 12.1. The highest BCUT2D eigenvalue weighted by atomic mass is 16.6. The van der Waals surface area contributed by atoms with Gasteiger partial charge in [-0.1, -0.05) is 0 Å². The Bertz CT molecular complexity index is 462. The van der Waals surface area contributed by atoms with E-state index >= 15 is 0 Å². The molecule has 1 fully saturated rings. The Morgan fingerprint density at radius 1 is 1.36 bits per heavy atom. The molecule has 1 heterocycles. The Morgan fingerprint density at radius 2 is 2.05 bits per heavy atom. The third-order valence-electron chi connectivity index (χ3n) is 3.22. The van der Waals surface area contributed by atoms with E-state index in [0.717, 1.165) is 0 Å². The van der Waals surface area contributed by atoms with Crippen LogP contribution in [0.4, 0.5) is 0 Å². The minimum atomic E-state index is -0.652. The Kier molecular flexibility index (Phi) is 7.00. The molecule has 22 heavy (non-hydrogen) atoms. The summed E-state index contributed by atoms with van der Waals surface area (Å²) in [6, 6.07) is 0.